The van der Waals surface area contributed by atoms with Crippen LogP contribution < -0.4 is 14.8 Å². The van der Waals surface area contributed by atoms with E-state index in [-0.39, 0.29) is 28.3 Å². The molecule has 0 bridgehead atoms. The highest BCUT2D eigenvalue weighted by Crippen LogP contribution is 2.38. The highest BCUT2D eigenvalue weighted by molar-refractivity contribution is 7.89. The van der Waals surface area contributed by atoms with Crippen LogP contribution in [0.15, 0.2) is 41.6 Å². The summed E-state index contributed by atoms with van der Waals surface area (Å²) in [4.78, 5) is 32.6. The molecule has 1 aromatic heterocycles. The zero-order valence-electron chi connectivity index (χ0n) is 23.0. The number of nitrogens with one attached hydrogen (secondary N) is 2. The molecule has 1 aromatic carbocycles. The number of hydrogen-bond donors (Lipinski definition) is 3. The van der Waals surface area contributed by atoms with Crippen molar-refractivity contribution in [1.29, 1.82) is 0 Å². The van der Waals surface area contributed by atoms with E-state index in [1.165, 1.54) is 63.9 Å². The first-order chi connectivity index (χ1) is 18.9. The summed E-state index contributed by atoms with van der Waals surface area (Å²) in [5.41, 5.74) is -0.617. The maximum atomic E-state index is 13.6. The third-order valence-corrected chi connectivity index (χ3v) is 9.31. The third kappa shape index (κ3) is 6.79. The Morgan fingerprint density at radius 2 is 1.82 bits per heavy atom. The summed E-state index contributed by atoms with van der Waals surface area (Å²) in [6.45, 7) is 3.04. The number of ether oxygens (including phenoxy) is 1. The Bertz CT molecular complexity index is 1330. The van der Waals surface area contributed by atoms with Crippen molar-refractivity contribution >= 4 is 27.5 Å². The SMILES string of the molecule is COc1cc(NC(=O)[C@@H]2C[C@@H](C3CCCCC3)CN2C(=O)c2ccc(F)cc2)cnc1S(=O)(=O)NC(C)(C)CO. The fourth-order valence-corrected chi connectivity index (χ4v) is 7.05. The summed E-state index contributed by atoms with van der Waals surface area (Å²) in [6.07, 6.45) is 7.30. The first-order valence-electron chi connectivity index (χ1n) is 13.5. The Labute approximate surface area is 234 Å². The van der Waals surface area contributed by atoms with Crippen molar-refractivity contribution in [3.05, 3.63) is 47.9 Å². The average molecular weight is 577 g/mol. The van der Waals surface area contributed by atoms with Gasteiger partial charge in [-0.1, -0.05) is 32.1 Å². The van der Waals surface area contributed by atoms with Crippen LogP contribution in [-0.4, -0.2) is 67.1 Å². The zero-order chi connectivity index (χ0) is 29.1. The highest BCUT2D eigenvalue weighted by Gasteiger charge is 2.43. The van der Waals surface area contributed by atoms with E-state index in [1.807, 2.05) is 0 Å². The number of aromatic nitrogens is 1. The fourth-order valence-electron chi connectivity index (χ4n) is 5.57. The van der Waals surface area contributed by atoms with Gasteiger partial charge in [-0.05, 0) is 56.4 Å². The van der Waals surface area contributed by atoms with Gasteiger partial charge in [0.15, 0.2) is 5.75 Å². The topological polar surface area (TPSA) is 138 Å². The molecule has 0 unspecified atom stereocenters. The van der Waals surface area contributed by atoms with E-state index in [4.69, 9.17) is 4.74 Å². The molecule has 2 atom stereocenters. The lowest BCUT2D eigenvalue weighted by atomic mass is 9.79. The smallest absolute Gasteiger partial charge is 0.262 e. The maximum absolute atomic E-state index is 13.6. The highest BCUT2D eigenvalue weighted by atomic mass is 32.2. The molecule has 1 aliphatic carbocycles. The van der Waals surface area contributed by atoms with E-state index in [0.717, 1.165) is 25.7 Å². The lowest BCUT2D eigenvalue weighted by Crippen LogP contribution is -2.46. The zero-order valence-corrected chi connectivity index (χ0v) is 23.8. The molecule has 10 nitrogen and oxygen atoms in total. The predicted octanol–water partition coefficient (Wildman–Crippen LogP) is 3.33. The minimum Gasteiger partial charge on any atom is -0.494 e. The van der Waals surface area contributed by atoms with Gasteiger partial charge < -0.3 is 20.1 Å². The fraction of sp³-hybridized carbons (Fsp3) is 0.536. The number of carbonyl (C=O) groups excluding carboxylic acids is 2. The molecule has 4 rings (SSSR count). The van der Waals surface area contributed by atoms with Crippen LogP contribution >= 0.6 is 0 Å². The molecular weight excluding hydrogens is 539 g/mol. The lowest BCUT2D eigenvalue weighted by molar-refractivity contribution is -0.119. The number of halogens is 1. The molecule has 1 saturated carbocycles. The minimum absolute atomic E-state index is 0.0928. The molecule has 12 heteroatoms. The molecule has 2 aliphatic rings. The number of nitrogens with zero attached hydrogens (tertiary/aromatic N) is 2. The third-order valence-electron chi connectivity index (χ3n) is 7.67. The Balaban J connectivity index is 1.57. The van der Waals surface area contributed by atoms with E-state index in [2.05, 4.69) is 15.0 Å². The van der Waals surface area contributed by atoms with Crippen LogP contribution in [0.4, 0.5) is 10.1 Å². The van der Waals surface area contributed by atoms with Crippen molar-refractivity contribution in [3.8, 4) is 5.75 Å². The number of aliphatic hydroxyl groups is 1. The second-order valence-electron chi connectivity index (χ2n) is 11.2. The van der Waals surface area contributed by atoms with Crippen LogP contribution in [0.3, 0.4) is 0 Å². The van der Waals surface area contributed by atoms with Crippen LogP contribution in [0.5, 0.6) is 5.75 Å². The quantitative estimate of drug-likeness (QED) is 0.416. The number of methoxy groups -OCH3 is 1. The number of likely N-dealkylation sites (tertiary alicyclic amines) is 1. The maximum Gasteiger partial charge on any atom is 0.262 e. The lowest BCUT2D eigenvalue weighted by Gasteiger charge is -2.27. The summed E-state index contributed by atoms with van der Waals surface area (Å²) < 4.78 is 46.9. The second-order valence-corrected chi connectivity index (χ2v) is 12.8. The van der Waals surface area contributed by atoms with Crippen molar-refractivity contribution in [2.45, 2.75) is 69.0 Å². The largest absolute Gasteiger partial charge is 0.494 e. The number of pyridine rings is 1. The number of amides is 2. The number of rotatable bonds is 9. The Kier molecular flexibility index (Phi) is 9.11. The first-order valence-corrected chi connectivity index (χ1v) is 15.0. The van der Waals surface area contributed by atoms with Gasteiger partial charge in [0.1, 0.15) is 11.9 Å². The number of hydrogen-bond acceptors (Lipinski definition) is 7. The van der Waals surface area contributed by atoms with Crippen molar-refractivity contribution in [3.63, 3.8) is 0 Å². The van der Waals surface area contributed by atoms with Gasteiger partial charge in [-0.3, -0.25) is 9.59 Å². The van der Waals surface area contributed by atoms with Gasteiger partial charge in [0, 0.05) is 18.2 Å². The monoisotopic (exact) mass is 576 g/mol. The minimum atomic E-state index is -4.15. The Morgan fingerprint density at radius 3 is 2.45 bits per heavy atom. The average Bonchev–Trinajstić information content (AvgIpc) is 3.39. The van der Waals surface area contributed by atoms with Crippen molar-refractivity contribution in [2.75, 3.05) is 25.6 Å². The molecule has 0 spiro atoms. The molecular formula is C28H37FN4O6S. The molecule has 0 radical (unpaired) electrons. The molecule has 2 amide bonds. The molecule has 2 fully saturated rings. The van der Waals surface area contributed by atoms with Gasteiger partial charge in [0.05, 0.1) is 31.1 Å². The van der Waals surface area contributed by atoms with Crippen LogP contribution in [0.2, 0.25) is 0 Å². The summed E-state index contributed by atoms with van der Waals surface area (Å²) in [5, 5.41) is 11.8. The first kappa shape index (κ1) is 29.9. The number of carbonyl (C=O) groups is 2. The van der Waals surface area contributed by atoms with E-state index in [0.29, 0.717) is 24.4 Å². The Hall–Kier alpha value is -3.09. The van der Waals surface area contributed by atoms with Gasteiger partial charge in [0.2, 0.25) is 10.9 Å². The Morgan fingerprint density at radius 1 is 1.15 bits per heavy atom. The molecule has 2 heterocycles. The molecule has 2 aromatic rings. The summed E-state index contributed by atoms with van der Waals surface area (Å²) in [7, 11) is -2.86. The number of anilines is 1. The summed E-state index contributed by atoms with van der Waals surface area (Å²) in [6, 6.07) is 5.88. The molecule has 3 N–H and O–H groups in total. The van der Waals surface area contributed by atoms with E-state index < -0.39 is 39.9 Å². The molecule has 218 valence electrons. The predicted molar refractivity (Wildman–Crippen MR) is 147 cm³/mol. The van der Waals surface area contributed by atoms with Crippen LogP contribution in [0.1, 0.15) is 62.7 Å². The number of benzene rings is 1. The van der Waals surface area contributed by atoms with Gasteiger partial charge in [-0.25, -0.2) is 22.5 Å². The molecule has 1 aliphatic heterocycles. The standard InChI is InChI=1S/C28H37FN4O6S/c1-28(2,17-34)32-40(37,38)26-24(39-3)14-22(15-30-26)31-25(35)23-13-20(18-7-5-4-6-8-18)16-33(23)27(36)19-9-11-21(29)12-10-19/h9-12,14-15,18,20,23,32,34H,4-8,13,16-17H2,1-3H3,(H,31,35)/t20-,23+/m1/s1. The van der Waals surface area contributed by atoms with Gasteiger partial charge >= 0.3 is 0 Å². The summed E-state index contributed by atoms with van der Waals surface area (Å²) >= 11 is 0. The van der Waals surface area contributed by atoms with Crippen molar-refractivity contribution < 1.29 is 32.2 Å². The summed E-state index contributed by atoms with van der Waals surface area (Å²) in [5.74, 6) is -0.710. The van der Waals surface area contributed by atoms with Crippen molar-refractivity contribution in [2.24, 2.45) is 11.8 Å². The normalized spacial score (nSPS) is 20.4. The molecule has 1 saturated heterocycles. The number of aliphatic hydroxyl groups excluding tert-OH is 1. The van der Waals surface area contributed by atoms with Crippen LogP contribution in [0.25, 0.3) is 0 Å². The van der Waals surface area contributed by atoms with E-state index >= 15 is 0 Å². The van der Waals surface area contributed by atoms with Gasteiger partial charge in [-0.15, -0.1) is 0 Å². The van der Waals surface area contributed by atoms with Crippen LogP contribution in [0, 0.1) is 17.7 Å². The van der Waals surface area contributed by atoms with E-state index in [1.54, 1.807) is 4.90 Å². The van der Waals surface area contributed by atoms with Crippen LogP contribution in [-0.2, 0) is 14.8 Å². The van der Waals surface area contributed by atoms with Gasteiger partial charge in [-0.2, -0.15) is 0 Å². The van der Waals surface area contributed by atoms with E-state index in [9.17, 15) is 27.5 Å². The van der Waals surface area contributed by atoms with Crippen molar-refractivity contribution in [1.82, 2.24) is 14.6 Å². The number of sulfonamides is 1. The van der Waals surface area contributed by atoms with Gasteiger partial charge in [0.25, 0.3) is 15.9 Å². The second kappa shape index (κ2) is 12.2. The molecule has 40 heavy (non-hydrogen) atoms.